The van der Waals surface area contributed by atoms with Crippen LogP contribution in [0.5, 0.6) is 5.75 Å². The lowest BCUT2D eigenvalue weighted by molar-refractivity contribution is 0.322. The Kier molecular flexibility index (Phi) is 5.78. The normalized spacial score (nSPS) is 10.1. The first kappa shape index (κ1) is 16.3. The molecule has 0 aliphatic rings. The van der Waals surface area contributed by atoms with Gasteiger partial charge in [0, 0.05) is 5.69 Å². The van der Waals surface area contributed by atoms with Gasteiger partial charge in [-0.25, -0.2) is 0 Å². The number of hydrogen-bond donors (Lipinski definition) is 2. The van der Waals surface area contributed by atoms with Crippen LogP contribution in [-0.2, 0) is 0 Å². The molecule has 0 aromatic heterocycles. The highest BCUT2D eigenvalue weighted by Gasteiger charge is 1.99. The fourth-order valence-electron chi connectivity index (χ4n) is 2.16. The molecule has 4 heteroatoms. The molecule has 2 N–H and O–H groups in total. The van der Waals surface area contributed by atoms with E-state index in [-0.39, 0.29) is 0 Å². The minimum absolute atomic E-state index is 0.568. The molecular formula is C18H22N2OS. The van der Waals surface area contributed by atoms with Crippen LogP contribution in [0.15, 0.2) is 42.5 Å². The topological polar surface area (TPSA) is 33.3 Å². The zero-order valence-corrected chi connectivity index (χ0v) is 14.1. The van der Waals surface area contributed by atoms with Crippen LogP contribution in [0.3, 0.4) is 0 Å². The van der Waals surface area contributed by atoms with Gasteiger partial charge in [-0.15, -0.1) is 0 Å². The lowest BCUT2D eigenvalue weighted by atomic mass is 10.1. The molecule has 0 unspecified atom stereocenters. The van der Waals surface area contributed by atoms with E-state index in [0.717, 1.165) is 11.4 Å². The Morgan fingerprint density at radius 3 is 2.23 bits per heavy atom. The van der Waals surface area contributed by atoms with Gasteiger partial charge >= 0.3 is 0 Å². The summed E-state index contributed by atoms with van der Waals surface area (Å²) in [6, 6.07) is 14.3. The first-order valence-corrected chi connectivity index (χ1v) is 7.76. The second kappa shape index (κ2) is 7.80. The maximum Gasteiger partial charge on any atom is 0.170 e. The van der Waals surface area contributed by atoms with Gasteiger partial charge in [0.1, 0.15) is 12.4 Å². The molecule has 22 heavy (non-hydrogen) atoms. The van der Waals surface area contributed by atoms with Gasteiger partial charge in [-0.05, 0) is 68.4 Å². The summed E-state index contributed by atoms with van der Waals surface area (Å²) in [7, 11) is 0. The van der Waals surface area contributed by atoms with Crippen LogP contribution in [0.2, 0.25) is 0 Å². The van der Waals surface area contributed by atoms with Gasteiger partial charge < -0.3 is 15.4 Å². The van der Waals surface area contributed by atoms with Gasteiger partial charge in [-0.3, -0.25) is 0 Å². The minimum atomic E-state index is 0.568. The fourth-order valence-corrected chi connectivity index (χ4v) is 2.38. The van der Waals surface area contributed by atoms with E-state index >= 15 is 0 Å². The Hall–Kier alpha value is -2.07. The van der Waals surface area contributed by atoms with Crippen molar-refractivity contribution in [2.24, 2.45) is 0 Å². The first-order valence-electron chi connectivity index (χ1n) is 7.35. The molecule has 116 valence electrons. The molecule has 2 rings (SSSR count). The average molecular weight is 314 g/mol. The Labute approximate surface area is 137 Å². The summed E-state index contributed by atoms with van der Waals surface area (Å²) in [5.41, 5.74) is 4.63. The molecule has 0 saturated heterocycles. The largest absolute Gasteiger partial charge is 0.492 e. The van der Waals surface area contributed by atoms with Gasteiger partial charge in [0.05, 0.1) is 6.54 Å². The van der Waals surface area contributed by atoms with Gasteiger partial charge in [0.25, 0.3) is 0 Å². The smallest absolute Gasteiger partial charge is 0.170 e. The molecule has 0 aliphatic heterocycles. The third-order valence-electron chi connectivity index (χ3n) is 3.16. The molecule has 0 saturated carbocycles. The molecule has 0 spiro atoms. The summed E-state index contributed by atoms with van der Waals surface area (Å²) in [6.07, 6.45) is 0. The standard InChI is InChI=1S/C18H22N2OS/c1-13-4-6-16(7-5-13)20-18(22)19-8-9-21-17-11-14(2)10-15(3)12-17/h4-7,10-12H,8-9H2,1-3H3,(H2,19,20,22). The maximum absolute atomic E-state index is 5.73. The lowest BCUT2D eigenvalue weighted by Crippen LogP contribution is -2.31. The highest BCUT2D eigenvalue weighted by Crippen LogP contribution is 2.15. The number of aryl methyl sites for hydroxylation is 3. The molecule has 0 atom stereocenters. The van der Waals surface area contributed by atoms with E-state index in [4.69, 9.17) is 17.0 Å². The van der Waals surface area contributed by atoms with E-state index in [1.165, 1.54) is 16.7 Å². The van der Waals surface area contributed by atoms with E-state index < -0.39 is 0 Å². The zero-order valence-electron chi connectivity index (χ0n) is 13.3. The van der Waals surface area contributed by atoms with E-state index in [9.17, 15) is 0 Å². The summed E-state index contributed by atoms with van der Waals surface area (Å²) >= 11 is 5.26. The minimum Gasteiger partial charge on any atom is -0.492 e. The van der Waals surface area contributed by atoms with Crippen LogP contribution in [0.4, 0.5) is 5.69 Å². The second-order valence-electron chi connectivity index (χ2n) is 5.42. The first-order chi connectivity index (χ1) is 10.5. The van der Waals surface area contributed by atoms with Gasteiger partial charge in [-0.1, -0.05) is 23.8 Å². The van der Waals surface area contributed by atoms with E-state index in [1.54, 1.807) is 0 Å². The van der Waals surface area contributed by atoms with E-state index in [0.29, 0.717) is 18.3 Å². The van der Waals surface area contributed by atoms with E-state index in [1.807, 2.05) is 36.4 Å². The van der Waals surface area contributed by atoms with Crippen LogP contribution in [0.1, 0.15) is 16.7 Å². The Balaban J connectivity index is 1.71. The predicted octanol–water partition coefficient (Wildman–Crippen LogP) is 3.98. The maximum atomic E-state index is 5.73. The van der Waals surface area contributed by atoms with E-state index in [2.05, 4.69) is 37.5 Å². The molecule has 0 heterocycles. The summed E-state index contributed by atoms with van der Waals surface area (Å²) in [6.45, 7) is 7.42. The molecule has 2 aromatic carbocycles. The van der Waals surface area contributed by atoms with Gasteiger partial charge in [0.15, 0.2) is 5.11 Å². The summed E-state index contributed by atoms with van der Waals surface area (Å²) in [5, 5.41) is 6.90. The van der Waals surface area contributed by atoms with Crippen molar-refractivity contribution in [3.63, 3.8) is 0 Å². The number of ether oxygens (including phenoxy) is 1. The van der Waals surface area contributed by atoms with Crippen molar-refractivity contribution in [3.8, 4) is 5.75 Å². The molecular weight excluding hydrogens is 292 g/mol. The van der Waals surface area contributed by atoms with Crippen LogP contribution >= 0.6 is 12.2 Å². The molecule has 0 fully saturated rings. The third-order valence-corrected chi connectivity index (χ3v) is 3.41. The Morgan fingerprint density at radius 2 is 1.59 bits per heavy atom. The van der Waals surface area contributed by atoms with Gasteiger partial charge in [-0.2, -0.15) is 0 Å². The highest BCUT2D eigenvalue weighted by atomic mass is 32.1. The summed E-state index contributed by atoms with van der Waals surface area (Å²) in [5.74, 6) is 0.900. The van der Waals surface area contributed by atoms with Crippen molar-refractivity contribution >= 4 is 23.0 Å². The quantitative estimate of drug-likeness (QED) is 0.646. The number of nitrogens with one attached hydrogen (secondary N) is 2. The van der Waals surface area contributed by atoms with Crippen molar-refractivity contribution in [2.75, 3.05) is 18.5 Å². The third kappa shape index (κ3) is 5.37. The monoisotopic (exact) mass is 314 g/mol. The van der Waals surface area contributed by atoms with Crippen molar-refractivity contribution in [1.82, 2.24) is 5.32 Å². The summed E-state index contributed by atoms with van der Waals surface area (Å²) < 4.78 is 5.73. The van der Waals surface area contributed by atoms with Crippen LogP contribution in [0.25, 0.3) is 0 Å². The molecule has 2 aromatic rings. The highest BCUT2D eigenvalue weighted by molar-refractivity contribution is 7.80. The zero-order chi connectivity index (χ0) is 15.9. The number of benzene rings is 2. The van der Waals surface area contributed by atoms with Crippen LogP contribution in [0, 0.1) is 20.8 Å². The Morgan fingerprint density at radius 1 is 0.955 bits per heavy atom. The Bertz CT molecular complexity index is 618. The molecule has 3 nitrogen and oxygen atoms in total. The summed E-state index contributed by atoms with van der Waals surface area (Å²) in [4.78, 5) is 0. The predicted molar refractivity (Wildman–Crippen MR) is 96.8 cm³/mol. The molecule has 0 amide bonds. The number of thiocarbonyl (C=S) groups is 1. The fraction of sp³-hybridized carbons (Fsp3) is 0.278. The SMILES string of the molecule is Cc1ccc(NC(=S)NCCOc2cc(C)cc(C)c2)cc1. The van der Waals surface area contributed by atoms with Crippen LogP contribution < -0.4 is 15.4 Å². The second-order valence-corrected chi connectivity index (χ2v) is 5.83. The van der Waals surface area contributed by atoms with Crippen molar-refractivity contribution in [2.45, 2.75) is 20.8 Å². The molecule has 0 bridgehead atoms. The number of hydrogen-bond acceptors (Lipinski definition) is 2. The number of anilines is 1. The molecule has 0 radical (unpaired) electrons. The lowest BCUT2D eigenvalue weighted by Gasteiger charge is -2.12. The molecule has 0 aliphatic carbocycles. The van der Waals surface area contributed by atoms with Crippen molar-refractivity contribution < 1.29 is 4.74 Å². The van der Waals surface area contributed by atoms with Gasteiger partial charge in [0.2, 0.25) is 0 Å². The van der Waals surface area contributed by atoms with Crippen LogP contribution in [-0.4, -0.2) is 18.3 Å². The number of rotatable bonds is 5. The van der Waals surface area contributed by atoms with Crippen molar-refractivity contribution in [3.05, 3.63) is 59.2 Å². The average Bonchev–Trinajstić information content (AvgIpc) is 2.45. The van der Waals surface area contributed by atoms with Crippen molar-refractivity contribution in [1.29, 1.82) is 0 Å².